The maximum atomic E-state index is 14.2. The summed E-state index contributed by atoms with van der Waals surface area (Å²) in [5.41, 5.74) is 11.9. The lowest BCUT2D eigenvalue weighted by molar-refractivity contribution is 0.0375. The van der Waals surface area contributed by atoms with Gasteiger partial charge in [-0.2, -0.15) is 8.42 Å². The van der Waals surface area contributed by atoms with Crippen molar-refractivity contribution in [3.05, 3.63) is 75.9 Å². The predicted molar refractivity (Wildman–Crippen MR) is 140 cm³/mol. The van der Waals surface area contributed by atoms with Crippen LogP contribution in [0.4, 0.5) is 14.6 Å². The van der Waals surface area contributed by atoms with E-state index in [1.807, 2.05) is 4.90 Å². The van der Waals surface area contributed by atoms with Crippen LogP contribution in [0.25, 0.3) is 11.1 Å². The Kier molecular flexibility index (Phi) is 8.67. The maximum absolute atomic E-state index is 14.2. The molecule has 0 saturated carbocycles. The van der Waals surface area contributed by atoms with Crippen LogP contribution in [-0.4, -0.2) is 61.6 Å². The van der Waals surface area contributed by atoms with E-state index in [1.165, 1.54) is 30.5 Å². The van der Waals surface area contributed by atoms with E-state index in [-0.39, 0.29) is 45.9 Å². The van der Waals surface area contributed by atoms with Crippen molar-refractivity contribution in [2.75, 3.05) is 38.6 Å². The van der Waals surface area contributed by atoms with Crippen molar-refractivity contribution in [1.29, 1.82) is 0 Å². The summed E-state index contributed by atoms with van der Waals surface area (Å²) in [6.45, 7) is 1.20. The lowest BCUT2D eigenvalue weighted by atomic mass is 9.95. The monoisotopic (exact) mass is 582 g/mol. The van der Waals surface area contributed by atoms with E-state index in [2.05, 4.69) is 4.98 Å². The maximum Gasteiger partial charge on any atom is 0.273 e. The van der Waals surface area contributed by atoms with Crippen molar-refractivity contribution in [1.82, 2.24) is 9.88 Å². The largest absolute Gasteiger partial charge is 0.485 e. The first-order chi connectivity index (χ1) is 18.5. The molecule has 14 heteroatoms. The van der Waals surface area contributed by atoms with Gasteiger partial charge in [-0.15, -0.1) is 0 Å². The second kappa shape index (κ2) is 11.8. The molecule has 10 nitrogen and oxygen atoms in total. The van der Waals surface area contributed by atoms with E-state index >= 15 is 0 Å². The Balaban J connectivity index is 1.76. The number of carbonyl (C=O) groups excluding carboxylic acids is 1. The summed E-state index contributed by atoms with van der Waals surface area (Å²) in [5, 5.41) is -1.84. The average molecular weight is 583 g/mol. The molecule has 2 heterocycles. The van der Waals surface area contributed by atoms with E-state index in [0.717, 1.165) is 12.1 Å². The Bertz CT molecular complexity index is 1500. The fourth-order valence-corrected chi connectivity index (χ4v) is 5.31. The number of hydrogen-bond acceptors (Lipinski definition) is 8. The number of benzene rings is 2. The molecule has 1 aliphatic rings. The summed E-state index contributed by atoms with van der Waals surface area (Å²) in [6, 6.07) is 7.31. The summed E-state index contributed by atoms with van der Waals surface area (Å²) >= 11 is 5.88. The molecule has 1 amide bonds. The van der Waals surface area contributed by atoms with Crippen LogP contribution in [0.15, 0.2) is 42.6 Å². The number of rotatable bonds is 9. The molecule has 0 radical (unpaired) electrons. The third kappa shape index (κ3) is 6.62. The molecule has 0 aliphatic carbocycles. The van der Waals surface area contributed by atoms with Crippen molar-refractivity contribution in [2.45, 2.75) is 11.9 Å². The zero-order valence-electron chi connectivity index (χ0n) is 20.4. The Morgan fingerprint density at radius 2 is 1.87 bits per heavy atom. The number of halogens is 3. The fraction of sp³-hybridized carbons (Fsp3) is 0.280. The minimum atomic E-state index is -4.63. The van der Waals surface area contributed by atoms with Gasteiger partial charge in [0.15, 0.2) is 11.6 Å². The summed E-state index contributed by atoms with van der Waals surface area (Å²) in [6.07, 6.45) is 1.32. The number of morpholine rings is 1. The van der Waals surface area contributed by atoms with E-state index < -0.39 is 44.5 Å². The van der Waals surface area contributed by atoms with Crippen LogP contribution in [0.5, 0.6) is 5.75 Å². The van der Waals surface area contributed by atoms with Gasteiger partial charge in [-0.3, -0.25) is 14.2 Å². The van der Waals surface area contributed by atoms with Crippen LogP contribution in [0.3, 0.4) is 0 Å². The van der Waals surface area contributed by atoms with E-state index in [1.54, 1.807) is 0 Å². The quantitative estimate of drug-likeness (QED) is 0.254. The number of nitrogens with zero attached hydrogens (tertiary/aromatic N) is 2. The first-order valence-corrected chi connectivity index (χ1v) is 13.5. The number of pyridine rings is 1. The second-order valence-corrected chi connectivity index (χ2v) is 10.8. The van der Waals surface area contributed by atoms with Crippen LogP contribution in [0, 0.1) is 11.6 Å². The van der Waals surface area contributed by atoms with Crippen molar-refractivity contribution in [3.8, 4) is 16.9 Å². The SMILES string of the molecule is NC(=O)c1ccc(C(CN2CCOCC2)S(=O)(=O)O)c(-c2cnc(N)c(OCc3c(F)ccc(F)c3Cl)c2)c1. The van der Waals surface area contributed by atoms with Gasteiger partial charge in [0, 0.05) is 42.5 Å². The highest BCUT2D eigenvalue weighted by Gasteiger charge is 2.31. The fourth-order valence-electron chi connectivity index (χ4n) is 4.18. The molecule has 1 unspecified atom stereocenters. The number of primary amides is 1. The number of aromatic nitrogens is 1. The zero-order valence-corrected chi connectivity index (χ0v) is 22.0. The van der Waals surface area contributed by atoms with Crippen LogP contribution < -0.4 is 16.2 Å². The standard InChI is InChI=1S/C25H25ClF2N4O6S/c26-23-18(19(27)3-4-20(23)28)13-38-21-10-15(11-31-24(21)29)17-9-14(25(30)33)1-2-16(17)22(39(34,35)36)12-32-5-7-37-8-6-32/h1-4,9-11,22H,5-8,12-13H2,(H2,29,31)(H2,30,33)(H,34,35,36). The van der Waals surface area contributed by atoms with E-state index in [0.29, 0.717) is 26.3 Å². The summed E-state index contributed by atoms with van der Waals surface area (Å²) < 4.78 is 74.3. The van der Waals surface area contributed by atoms with Gasteiger partial charge < -0.3 is 20.9 Å². The zero-order chi connectivity index (χ0) is 28.3. The van der Waals surface area contributed by atoms with Gasteiger partial charge in [-0.05, 0) is 41.5 Å². The molecule has 0 bridgehead atoms. The van der Waals surface area contributed by atoms with Crippen molar-refractivity contribution in [2.24, 2.45) is 5.73 Å². The van der Waals surface area contributed by atoms with E-state index in [9.17, 15) is 26.5 Å². The third-order valence-electron chi connectivity index (χ3n) is 6.28. The summed E-state index contributed by atoms with van der Waals surface area (Å²) in [5.74, 6) is -2.53. The average Bonchev–Trinajstić information content (AvgIpc) is 2.90. The van der Waals surface area contributed by atoms with Crippen molar-refractivity contribution < 1.29 is 36.0 Å². The molecular formula is C25H25ClF2N4O6S. The van der Waals surface area contributed by atoms with Gasteiger partial charge >= 0.3 is 0 Å². The molecule has 5 N–H and O–H groups in total. The van der Waals surface area contributed by atoms with Crippen LogP contribution in [-0.2, 0) is 21.5 Å². The first kappa shape index (κ1) is 28.6. The van der Waals surface area contributed by atoms with Crippen LogP contribution in [0.2, 0.25) is 5.02 Å². The molecule has 39 heavy (non-hydrogen) atoms. The Morgan fingerprint density at radius 3 is 2.54 bits per heavy atom. The topological polar surface area (TPSA) is 158 Å². The van der Waals surface area contributed by atoms with Gasteiger partial charge in [0.05, 0.1) is 18.2 Å². The minimum absolute atomic E-state index is 0.0424. The normalized spacial score (nSPS) is 15.2. The lowest BCUT2D eigenvalue weighted by Crippen LogP contribution is -2.40. The van der Waals surface area contributed by atoms with Crippen LogP contribution in [0.1, 0.15) is 26.7 Å². The number of nitrogens with two attached hydrogens (primary N) is 2. The Labute approximate surface area is 228 Å². The number of nitrogen functional groups attached to an aromatic ring is 1. The molecule has 3 aromatic rings. The smallest absolute Gasteiger partial charge is 0.273 e. The van der Waals surface area contributed by atoms with Crippen LogP contribution >= 0.6 is 11.6 Å². The number of ether oxygens (including phenoxy) is 2. The van der Waals surface area contributed by atoms with Gasteiger partial charge in [0.25, 0.3) is 10.1 Å². The molecule has 0 spiro atoms. The molecular weight excluding hydrogens is 558 g/mol. The Morgan fingerprint density at radius 1 is 1.18 bits per heavy atom. The van der Waals surface area contributed by atoms with Gasteiger partial charge in [0.1, 0.15) is 23.5 Å². The summed E-state index contributed by atoms with van der Waals surface area (Å²) in [4.78, 5) is 17.9. The molecule has 1 saturated heterocycles. The first-order valence-electron chi connectivity index (χ1n) is 11.7. The highest BCUT2D eigenvalue weighted by atomic mass is 35.5. The number of carbonyl (C=O) groups is 1. The molecule has 2 aromatic carbocycles. The molecule has 1 aromatic heterocycles. The van der Waals surface area contributed by atoms with Gasteiger partial charge in [-0.25, -0.2) is 13.8 Å². The van der Waals surface area contributed by atoms with Crippen molar-refractivity contribution >= 4 is 33.4 Å². The minimum Gasteiger partial charge on any atom is -0.485 e. The van der Waals surface area contributed by atoms with Gasteiger partial charge in [-0.1, -0.05) is 17.7 Å². The van der Waals surface area contributed by atoms with E-state index in [4.69, 9.17) is 32.5 Å². The summed E-state index contributed by atoms with van der Waals surface area (Å²) in [7, 11) is -4.63. The molecule has 1 atom stereocenters. The second-order valence-electron chi connectivity index (χ2n) is 8.80. The third-order valence-corrected chi connectivity index (χ3v) is 7.81. The predicted octanol–water partition coefficient (Wildman–Crippen LogP) is 3.20. The lowest BCUT2D eigenvalue weighted by Gasteiger charge is -2.30. The number of hydrogen-bond donors (Lipinski definition) is 3. The molecule has 1 fully saturated rings. The highest BCUT2D eigenvalue weighted by Crippen LogP contribution is 2.36. The van der Waals surface area contributed by atoms with Crippen molar-refractivity contribution in [3.63, 3.8) is 0 Å². The highest BCUT2D eigenvalue weighted by molar-refractivity contribution is 7.86. The Hall–Kier alpha value is -3.36. The van der Waals surface area contributed by atoms with Gasteiger partial charge in [0.2, 0.25) is 5.91 Å². The molecule has 208 valence electrons. The number of amides is 1. The molecule has 4 rings (SSSR count). The molecule has 1 aliphatic heterocycles. The number of anilines is 1.